The predicted molar refractivity (Wildman–Crippen MR) is 110 cm³/mol. The molecular weight excluding hydrogens is 391 g/mol. The van der Waals surface area contributed by atoms with Gasteiger partial charge in [-0.1, -0.05) is 12.1 Å². The van der Waals surface area contributed by atoms with Crippen LogP contribution in [0.5, 0.6) is 0 Å². The highest BCUT2D eigenvalue weighted by Gasteiger charge is 2.29. The molecule has 144 valence electrons. The van der Waals surface area contributed by atoms with E-state index in [0.29, 0.717) is 21.9 Å². The van der Waals surface area contributed by atoms with E-state index in [9.17, 15) is 14.0 Å². The molecule has 4 aromatic rings. The molecule has 1 aliphatic heterocycles. The molecule has 0 saturated carbocycles. The number of halogens is 1. The van der Waals surface area contributed by atoms with Crippen LogP contribution in [0, 0.1) is 12.7 Å². The first-order valence-corrected chi connectivity index (χ1v) is 9.79. The summed E-state index contributed by atoms with van der Waals surface area (Å²) in [5.41, 5.74) is 2.78. The zero-order chi connectivity index (χ0) is 20.1. The molecule has 1 aliphatic rings. The third kappa shape index (κ3) is 2.89. The second-order valence-corrected chi connectivity index (χ2v) is 7.79. The molecule has 0 radical (unpaired) electrons. The lowest BCUT2D eigenvalue weighted by molar-refractivity contribution is -0.115. The number of benzene rings is 2. The van der Waals surface area contributed by atoms with Crippen LogP contribution in [-0.4, -0.2) is 28.1 Å². The number of hydrogen-bond acceptors (Lipinski definition) is 4. The first-order chi connectivity index (χ1) is 14.0. The van der Waals surface area contributed by atoms with Gasteiger partial charge in [0.1, 0.15) is 17.2 Å². The van der Waals surface area contributed by atoms with Crippen molar-refractivity contribution in [1.29, 1.82) is 0 Å². The maximum atomic E-state index is 13.3. The minimum absolute atomic E-state index is 0.0346. The van der Waals surface area contributed by atoms with Crippen LogP contribution in [0.1, 0.15) is 15.4 Å². The molecule has 29 heavy (non-hydrogen) atoms. The van der Waals surface area contributed by atoms with E-state index in [2.05, 4.69) is 10.4 Å². The molecule has 1 N–H and O–H groups in total. The van der Waals surface area contributed by atoms with Crippen LogP contribution in [0.2, 0.25) is 0 Å². The predicted octanol–water partition coefficient (Wildman–Crippen LogP) is 4.13. The number of carbonyl (C=O) groups is 2. The Morgan fingerprint density at radius 2 is 1.93 bits per heavy atom. The van der Waals surface area contributed by atoms with Crippen LogP contribution >= 0.6 is 11.3 Å². The van der Waals surface area contributed by atoms with Crippen LogP contribution in [0.15, 0.2) is 54.6 Å². The molecule has 0 unspecified atom stereocenters. The Balaban J connectivity index is 1.58. The molecule has 2 amide bonds. The van der Waals surface area contributed by atoms with Crippen molar-refractivity contribution in [2.75, 3.05) is 16.8 Å². The molecule has 5 rings (SSSR count). The van der Waals surface area contributed by atoms with Crippen molar-refractivity contribution >= 4 is 44.7 Å². The highest BCUT2D eigenvalue weighted by Crippen LogP contribution is 2.34. The Morgan fingerprint density at radius 3 is 2.72 bits per heavy atom. The van der Waals surface area contributed by atoms with Crippen LogP contribution in [0.4, 0.5) is 15.8 Å². The van der Waals surface area contributed by atoms with E-state index < -0.39 is 0 Å². The summed E-state index contributed by atoms with van der Waals surface area (Å²) in [6.07, 6.45) is 0. The number of amides is 2. The Morgan fingerprint density at radius 1 is 1.17 bits per heavy atom. The molecule has 2 aromatic carbocycles. The first kappa shape index (κ1) is 17.6. The van der Waals surface area contributed by atoms with Crippen molar-refractivity contribution in [1.82, 2.24) is 9.78 Å². The summed E-state index contributed by atoms with van der Waals surface area (Å²) in [6, 6.07) is 15.1. The molecule has 0 spiro atoms. The fourth-order valence-electron chi connectivity index (χ4n) is 3.46. The number of nitrogens with zero attached hydrogens (tertiary/aromatic N) is 3. The quantitative estimate of drug-likeness (QED) is 0.544. The van der Waals surface area contributed by atoms with Gasteiger partial charge in [-0.3, -0.25) is 14.5 Å². The summed E-state index contributed by atoms with van der Waals surface area (Å²) in [5.74, 6) is -0.789. The van der Waals surface area contributed by atoms with E-state index in [1.165, 1.54) is 28.4 Å². The minimum atomic E-state index is -0.321. The van der Waals surface area contributed by atoms with E-state index in [1.807, 2.05) is 25.1 Å². The third-order valence-corrected chi connectivity index (χ3v) is 5.94. The fourth-order valence-corrected chi connectivity index (χ4v) is 4.59. The number of anilines is 2. The molecule has 0 atom stereocenters. The van der Waals surface area contributed by atoms with Crippen LogP contribution in [-0.2, 0) is 4.79 Å². The van der Waals surface area contributed by atoms with Crippen LogP contribution in [0.3, 0.4) is 0 Å². The highest BCUT2D eigenvalue weighted by molar-refractivity contribution is 7.20. The summed E-state index contributed by atoms with van der Waals surface area (Å²) in [4.78, 5) is 28.1. The molecule has 0 bridgehead atoms. The minimum Gasteiger partial charge on any atom is -0.323 e. The molecule has 0 saturated heterocycles. The van der Waals surface area contributed by atoms with Crippen molar-refractivity contribution in [3.8, 4) is 5.69 Å². The number of thiophene rings is 1. The van der Waals surface area contributed by atoms with E-state index in [0.717, 1.165) is 15.9 Å². The van der Waals surface area contributed by atoms with Crippen molar-refractivity contribution < 1.29 is 14.0 Å². The molecule has 0 fully saturated rings. The van der Waals surface area contributed by atoms with Gasteiger partial charge in [0.2, 0.25) is 5.91 Å². The van der Waals surface area contributed by atoms with E-state index in [-0.39, 0.29) is 24.2 Å². The molecule has 8 heteroatoms. The zero-order valence-corrected chi connectivity index (χ0v) is 16.2. The van der Waals surface area contributed by atoms with Crippen LogP contribution in [0.25, 0.3) is 15.9 Å². The number of carbonyl (C=O) groups excluding carboxylic acids is 2. The Hall–Kier alpha value is -3.52. The number of aromatic nitrogens is 2. The standard InChI is InChI=1S/C21H15FN4O2S/c1-12-15-10-18(29-21(15)26(24-12)14-8-6-13(22)7-9-14)20(28)25-11-19(27)23-16-4-2-3-5-17(16)25/h2-10H,11H2,1H3,(H,23,27). The van der Waals surface area contributed by atoms with E-state index in [4.69, 9.17) is 0 Å². The lowest BCUT2D eigenvalue weighted by Gasteiger charge is -2.28. The Labute approximate surface area is 169 Å². The molecule has 3 heterocycles. The second kappa shape index (κ2) is 6.52. The van der Waals surface area contributed by atoms with Gasteiger partial charge in [-0.25, -0.2) is 9.07 Å². The topological polar surface area (TPSA) is 67.2 Å². The lowest BCUT2D eigenvalue weighted by Crippen LogP contribution is -2.41. The number of rotatable bonds is 2. The number of hydrogen-bond donors (Lipinski definition) is 1. The summed E-state index contributed by atoms with van der Waals surface area (Å²) in [5, 5.41) is 8.17. The number of para-hydroxylation sites is 2. The Kier molecular flexibility index (Phi) is 3.95. The molecular formula is C21H15FN4O2S. The van der Waals surface area contributed by atoms with Crippen LogP contribution < -0.4 is 10.2 Å². The second-order valence-electron chi connectivity index (χ2n) is 6.76. The maximum Gasteiger partial charge on any atom is 0.268 e. The van der Waals surface area contributed by atoms with Crippen molar-refractivity contribution in [3.05, 3.63) is 71.0 Å². The molecule has 6 nitrogen and oxygen atoms in total. The van der Waals surface area contributed by atoms with Gasteiger partial charge in [0.05, 0.1) is 27.6 Å². The van der Waals surface area contributed by atoms with Gasteiger partial charge in [-0.2, -0.15) is 5.10 Å². The van der Waals surface area contributed by atoms with E-state index in [1.54, 1.807) is 28.9 Å². The van der Waals surface area contributed by atoms with Gasteiger partial charge in [0.15, 0.2) is 0 Å². The van der Waals surface area contributed by atoms with Crippen molar-refractivity contribution in [2.45, 2.75) is 6.92 Å². The zero-order valence-electron chi connectivity index (χ0n) is 15.3. The molecule has 0 aliphatic carbocycles. The third-order valence-electron chi connectivity index (χ3n) is 4.84. The summed E-state index contributed by atoms with van der Waals surface area (Å²) >= 11 is 1.31. The number of fused-ring (bicyclic) bond motifs is 2. The first-order valence-electron chi connectivity index (χ1n) is 8.97. The average Bonchev–Trinajstić information content (AvgIpc) is 3.28. The Bertz CT molecular complexity index is 1280. The number of nitrogens with one attached hydrogen (secondary N) is 1. The smallest absolute Gasteiger partial charge is 0.268 e. The summed E-state index contributed by atoms with van der Waals surface area (Å²) in [7, 11) is 0. The van der Waals surface area contributed by atoms with Crippen molar-refractivity contribution in [3.63, 3.8) is 0 Å². The fraction of sp³-hybridized carbons (Fsp3) is 0.0952. The van der Waals surface area contributed by atoms with Gasteiger partial charge >= 0.3 is 0 Å². The maximum absolute atomic E-state index is 13.3. The highest BCUT2D eigenvalue weighted by atomic mass is 32.1. The van der Waals surface area contributed by atoms with E-state index >= 15 is 0 Å². The van der Waals surface area contributed by atoms with Crippen molar-refractivity contribution in [2.24, 2.45) is 0 Å². The monoisotopic (exact) mass is 406 g/mol. The largest absolute Gasteiger partial charge is 0.323 e. The summed E-state index contributed by atoms with van der Waals surface area (Å²) < 4.78 is 15.0. The van der Waals surface area contributed by atoms with Gasteiger partial charge in [0, 0.05) is 5.39 Å². The van der Waals surface area contributed by atoms with Gasteiger partial charge < -0.3 is 5.32 Å². The summed E-state index contributed by atoms with van der Waals surface area (Å²) in [6.45, 7) is 1.83. The number of aryl methyl sites for hydroxylation is 1. The van der Waals surface area contributed by atoms with Gasteiger partial charge in [-0.05, 0) is 49.4 Å². The SMILES string of the molecule is Cc1nn(-c2ccc(F)cc2)c2sc(C(=O)N3CC(=O)Nc4ccccc43)cc12. The van der Waals surface area contributed by atoms with Gasteiger partial charge in [0.25, 0.3) is 5.91 Å². The normalized spacial score (nSPS) is 13.4. The van der Waals surface area contributed by atoms with Gasteiger partial charge in [-0.15, -0.1) is 11.3 Å². The molecule has 2 aromatic heterocycles. The average molecular weight is 406 g/mol. The lowest BCUT2D eigenvalue weighted by atomic mass is 10.2.